The predicted octanol–water partition coefficient (Wildman–Crippen LogP) is 5.20. The van der Waals surface area contributed by atoms with Crippen LogP contribution in [0.5, 0.6) is 5.75 Å². The Labute approximate surface area is 253 Å². The van der Waals surface area contributed by atoms with Crippen LogP contribution in [0.2, 0.25) is 5.02 Å². The summed E-state index contributed by atoms with van der Waals surface area (Å²) in [6.45, 7) is 1.97. The number of benzene rings is 3. The van der Waals surface area contributed by atoms with Gasteiger partial charge in [0.25, 0.3) is 0 Å². The maximum atomic E-state index is 14.2. The van der Waals surface area contributed by atoms with Crippen LogP contribution in [0.25, 0.3) is 0 Å². The number of nitrogens with one attached hydrogen (secondary N) is 1. The Morgan fingerprint density at radius 2 is 1.60 bits per heavy atom. The van der Waals surface area contributed by atoms with Gasteiger partial charge in [0.15, 0.2) is 0 Å². The molecule has 1 saturated carbocycles. The third-order valence-electron chi connectivity index (χ3n) is 7.35. The highest BCUT2D eigenvalue weighted by atomic mass is 35.5. The van der Waals surface area contributed by atoms with Crippen molar-refractivity contribution >= 4 is 39.1 Å². The lowest BCUT2D eigenvalue weighted by Gasteiger charge is -2.34. The summed E-state index contributed by atoms with van der Waals surface area (Å²) >= 11 is 6.12. The fourth-order valence-electron chi connectivity index (χ4n) is 5.20. The molecule has 2 amide bonds. The van der Waals surface area contributed by atoms with Gasteiger partial charge in [-0.2, -0.15) is 0 Å². The molecular weight excluding hydrogens is 574 g/mol. The molecule has 1 fully saturated rings. The van der Waals surface area contributed by atoms with Crippen molar-refractivity contribution in [1.82, 2.24) is 10.2 Å². The largest absolute Gasteiger partial charge is 0.494 e. The number of sulfonamides is 1. The molecule has 8 nitrogen and oxygen atoms in total. The van der Waals surface area contributed by atoms with Crippen LogP contribution >= 0.6 is 11.6 Å². The maximum Gasteiger partial charge on any atom is 0.244 e. The monoisotopic (exact) mass is 611 g/mol. The summed E-state index contributed by atoms with van der Waals surface area (Å²) in [6, 6.07) is 22.3. The zero-order valence-corrected chi connectivity index (χ0v) is 25.6. The number of carbonyl (C=O) groups excluding carboxylic acids is 2. The zero-order chi connectivity index (χ0) is 30.1. The lowest BCUT2D eigenvalue weighted by Crippen LogP contribution is -2.54. The van der Waals surface area contributed by atoms with Gasteiger partial charge >= 0.3 is 0 Å². The SMILES string of the molecule is CCOc1ccc(N(CC(=O)N(Cc2ccc(Cl)cc2)C(Cc2ccccc2)C(=O)NC2CCCC2)S(C)(=O)=O)cc1. The average molecular weight is 612 g/mol. The number of amides is 2. The molecule has 1 atom stereocenters. The summed E-state index contributed by atoms with van der Waals surface area (Å²) in [5.74, 6) is -0.149. The Morgan fingerprint density at radius 3 is 2.19 bits per heavy atom. The van der Waals surface area contributed by atoms with E-state index in [0.29, 0.717) is 23.1 Å². The summed E-state index contributed by atoms with van der Waals surface area (Å²) < 4.78 is 32.5. The van der Waals surface area contributed by atoms with Crippen molar-refractivity contribution in [2.24, 2.45) is 0 Å². The first-order valence-corrected chi connectivity index (χ1v) is 16.5. The van der Waals surface area contributed by atoms with Crippen molar-refractivity contribution in [2.75, 3.05) is 23.7 Å². The number of hydrogen-bond acceptors (Lipinski definition) is 5. The molecule has 224 valence electrons. The molecule has 0 radical (unpaired) electrons. The van der Waals surface area contributed by atoms with Gasteiger partial charge in [-0.3, -0.25) is 13.9 Å². The van der Waals surface area contributed by atoms with E-state index in [1.54, 1.807) is 48.5 Å². The third-order valence-corrected chi connectivity index (χ3v) is 8.75. The molecule has 1 unspecified atom stereocenters. The number of rotatable bonds is 13. The van der Waals surface area contributed by atoms with Crippen LogP contribution in [0.4, 0.5) is 5.69 Å². The van der Waals surface area contributed by atoms with Gasteiger partial charge in [0, 0.05) is 24.0 Å². The minimum absolute atomic E-state index is 0.0552. The number of carbonyl (C=O) groups is 2. The van der Waals surface area contributed by atoms with E-state index in [2.05, 4.69) is 5.32 Å². The van der Waals surface area contributed by atoms with E-state index < -0.39 is 28.5 Å². The van der Waals surface area contributed by atoms with Crippen LogP contribution in [-0.4, -0.2) is 56.6 Å². The van der Waals surface area contributed by atoms with E-state index in [1.165, 1.54) is 4.90 Å². The quantitative estimate of drug-likeness (QED) is 0.286. The highest BCUT2D eigenvalue weighted by Crippen LogP contribution is 2.24. The Morgan fingerprint density at radius 1 is 0.952 bits per heavy atom. The van der Waals surface area contributed by atoms with Gasteiger partial charge in [0.05, 0.1) is 18.6 Å². The van der Waals surface area contributed by atoms with E-state index in [0.717, 1.165) is 47.4 Å². The van der Waals surface area contributed by atoms with Crippen molar-refractivity contribution < 1.29 is 22.7 Å². The molecule has 10 heteroatoms. The molecular formula is C32H38ClN3O5S. The summed E-state index contributed by atoms with van der Waals surface area (Å²) in [4.78, 5) is 29.5. The second-order valence-corrected chi connectivity index (χ2v) is 12.9. The molecule has 42 heavy (non-hydrogen) atoms. The molecule has 1 aliphatic rings. The first-order valence-electron chi connectivity index (χ1n) is 14.2. The standard InChI is InChI=1S/C32H38ClN3O5S/c1-3-41-29-19-17-28(18-20-29)36(42(2,39)40)23-31(37)35(22-25-13-15-26(33)16-14-25)30(21-24-9-5-4-6-10-24)32(38)34-27-11-7-8-12-27/h4-6,9-10,13-20,27,30H,3,7-8,11-12,21-23H2,1-2H3,(H,34,38). The fourth-order valence-corrected chi connectivity index (χ4v) is 6.17. The maximum absolute atomic E-state index is 14.2. The van der Waals surface area contributed by atoms with Gasteiger partial charge in [-0.05, 0) is 67.3 Å². The second-order valence-electron chi connectivity index (χ2n) is 10.5. The fraction of sp³-hybridized carbons (Fsp3) is 0.375. The summed E-state index contributed by atoms with van der Waals surface area (Å²) in [5, 5.41) is 3.71. The van der Waals surface area contributed by atoms with Crippen LogP contribution < -0.4 is 14.4 Å². The van der Waals surface area contributed by atoms with E-state index >= 15 is 0 Å². The molecule has 0 saturated heterocycles. The van der Waals surface area contributed by atoms with Crippen LogP contribution in [0.1, 0.15) is 43.7 Å². The average Bonchev–Trinajstić information content (AvgIpc) is 3.48. The van der Waals surface area contributed by atoms with Gasteiger partial charge < -0.3 is 15.0 Å². The van der Waals surface area contributed by atoms with Crippen molar-refractivity contribution in [3.8, 4) is 5.75 Å². The zero-order valence-electron chi connectivity index (χ0n) is 24.0. The first-order chi connectivity index (χ1) is 20.1. The molecule has 0 aromatic heterocycles. The topological polar surface area (TPSA) is 96.0 Å². The second kappa shape index (κ2) is 14.6. The van der Waals surface area contributed by atoms with E-state index in [-0.39, 0.29) is 24.9 Å². The minimum Gasteiger partial charge on any atom is -0.494 e. The number of hydrogen-bond donors (Lipinski definition) is 1. The smallest absolute Gasteiger partial charge is 0.244 e. The lowest BCUT2D eigenvalue weighted by atomic mass is 10.0. The molecule has 1 aliphatic carbocycles. The predicted molar refractivity (Wildman–Crippen MR) is 166 cm³/mol. The van der Waals surface area contributed by atoms with Gasteiger partial charge in [-0.1, -0.05) is 66.9 Å². The van der Waals surface area contributed by atoms with E-state index in [9.17, 15) is 18.0 Å². The molecule has 0 heterocycles. The Kier molecular flexibility index (Phi) is 10.9. The van der Waals surface area contributed by atoms with Gasteiger partial charge in [0.2, 0.25) is 21.8 Å². The summed E-state index contributed by atoms with van der Waals surface area (Å²) in [6.07, 6.45) is 5.23. The Balaban J connectivity index is 1.70. The molecule has 0 bridgehead atoms. The van der Waals surface area contributed by atoms with Crippen LogP contribution in [0.3, 0.4) is 0 Å². The highest BCUT2D eigenvalue weighted by Gasteiger charge is 2.34. The van der Waals surface area contributed by atoms with Gasteiger partial charge in [-0.15, -0.1) is 0 Å². The van der Waals surface area contributed by atoms with E-state index in [4.69, 9.17) is 16.3 Å². The lowest BCUT2D eigenvalue weighted by molar-refractivity contribution is -0.140. The van der Waals surface area contributed by atoms with Crippen molar-refractivity contribution in [3.63, 3.8) is 0 Å². The van der Waals surface area contributed by atoms with Crippen molar-refractivity contribution in [3.05, 3.63) is 95.0 Å². The molecule has 3 aromatic rings. The van der Waals surface area contributed by atoms with Gasteiger partial charge in [-0.25, -0.2) is 8.42 Å². The van der Waals surface area contributed by atoms with Gasteiger partial charge in [0.1, 0.15) is 18.3 Å². The van der Waals surface area contributed by atoms with Crippen LogP contribution in [0.15, 0.2) is 78.9 Å². The molecule has 0 spiro atoms. The number of nitrogens with zero attached hydrogens (tertiary/aromatic N) is 2. The van der Waals surface area contributed by atoms with E-state index in [1.807, 2.05) is 37.3 Å². The molecule has 4 rings (SSSR count). The van der Waals surface area contributed by atoms with Crippen LogP contribution in [0, 0.1) is 0 Å². The molecule has 0 aliphatic heterocycles. The van der Waals surface area contributed by atoms with Crippen molar-refractivity contribution in [2.45, 2.75) is 57.7 Å². The number of ether oxygens (including phenoxy) is 1. The molecule has 3 aromatic carbocycles. The Hall–Kier alpha value is -3.56. The summed E-state index contributed by atoms with van der Waals surface area (Å²) in [7, 11) is -3.85. The molecule has 1 N–H and O–H groups in total. The number of anilines is 1. The first kappa shape index (κ1) is 31.4. The highest BCUT2D eigenvalue weighted by molar-refractivity contribution is 7.92. The minimum atomic E-state index is -3.85. The number of halogens is 1. The normalized spacial score (nSPS) is 14.3. The van der Waals surface area contributed by atoms with Crippen LogP contribution in [-0.2, 0) is 32.6 Å². The summed E-state index contributed by atoms with van der Waals surface area (Å²) in [5.41, 5.74) is 1.99. The Bertz CT molecular complexity index is 1430. The third kappa shape index (κ3) is 8.72. The van der Waals surface area contributed by atoms with Crippen molar-refractivity contribution in [1.29, 1.82) is 0 Å².